The van der Waals surface area contributed by atoms with Gasteiger partial charge in [0.15, 0.2) is 0 Å². The van der Waals surface area contributed by atoms with Crippen LogP contribution < -0.4 is 10.5 Å². The minimum absolute atomic E-state index is 0.0174. The van der Waals surface area contributed by atoms with Crippen molar-refractivity contribution in [2.75, 3.05) is 11.4 Å². The predicted octanol–water partition coefficient (Wildman–Crippen LogP) is 1.89. The molecule has 2 aromatic rings. The van der Waals surface area contributed by atoms with E-state index in [1.54, 1.807) is 16.9 Å². The third kappa shape index (κ3) is 2.98. The fourth-order valence-corrected chi connectivity index (χ4v) is 3.25. The SMILES string of the molecule is Cc1cnc(N2CCCC2Cn2nc(C3CC3)ccc2=O)cn1. The molecule has 1 saturated heterocycles. The highest BCUT2D eigenvalue weighted by Gasteiger charge is 2.28. The molecule has 0 amide bonds. The van der Waals surface area contributed by atoms with Crippen LogP contribution in [0.4, 0.5) is 5.82 Å². The molecule has 0 aromatic carbocycles. The summed E-state index contributed by atoms with van der Waals surface area (Å²) in [7, 11) is 0. The van der Waals surface area contributed by atoms with Crippen LogP contribution in [0.2, 0.25) is 0 Å². The van der Waals surface area contributed by atoms with Crippen LogP contribution in [0.5, 0.6) is 0 Å². The van der Waals surface area contributed by atoms with E-state index in [0.29, 0.717) is 12.5 Å². The van der Waals surface area contributed by atoms with Gasteiger partial charge in [-0.2, -0.15) is 5.10 Å². The van der Waals surface area contributed by atoms with Gasteiger partial charge < -0.3 is 4.90 Å². The third-order valence-corrected chi connectivity index (χ3v) is 4.71. The van der Waals surface area contributed by atoms with Gasteiger partial charge in [0.1, 0.15) is 5.82 Å². The van der Waals surface area contributed by atoms with Crippen LogP contribution >= 0.6 is 0 Å². The summed E-state index contributed by atoms with van der Waals surface area (Å²) in [5, 5.41) is 4.58. The number of anilines is 1. The lowest BCUT2D eigenvalue weighted by Crippen LogP contribution is -2.37. The largest absolute Gasteiger partial charge is 0.350 e. The van der Waals surface area contributed by atoms with Crippen molar-refractivity contribution in [1.82, 2.24) is 19.7 Å². The van der Waals surface area contributed by atoms with Crippen LogP contribution in [0.3, 0.4) is 0 Å². The average Bonchev–Trinajstić information content (AvgIpc) is 3.30. The van der Waals surface area contributed by atoms with Crippen molar-refractivity contribution in [3.63, 3.8) is 0 Å². The highest BCUT2D eigenvalue weighted by molar-refractivity contribution is 5.38. The summed E-state index contributed by atoms with van der Waals surface area (Å²) in [6.07, 6.45) is 8.17. The molecule has 3 heterocycles. The molecule has 6 nitrogen and oxygen atoms in total. The van der Waals surface area contributed by atoms with Gasteiger partial charge in [0.05, 0.1) is 36.4 Å². The van der Waals surface area contributed by atoms with E-state index in [2.05, 4.69) is 20.0 Å². The lowest BCUT2D eigenvalue weighted by atomic mass is 10.2. The second-order valence-corrected chi connectivity index (χ2v) is 6.56. The first-order chi connectivity index (χ1) is 11.2. The Balaban J connectivity index is 1.56. The maximum absolute atomic E-state index is 12.1. The second kappa shape index (κ2) is 5.76. The Bertz CT molecular complexity index is 750. The van der Waals surface area contributed by atoms with Crippen LogP contribution in [-0.4, -0.2) is 32.3 Å². The van der Waals surface area contributed by atoms with Crippen LogP contribution in [0.15, 0.2) is 29.3 Å². The predicted molar refractivity (Wildman–Crippen MR) is 87.6 cm³/mol. The van der Waals surface area contributed by atoms with E-state index in [9.17, 15) is 4.79 Å². The molecule has 2 aliphatic rings. The van der Waals surface area contributed by atoms with E-state index in [1.165, 1.54) is 12.8 Å². The Morgan fingerprint density at radius 2 is 2.04 bits per heavy atom. The Hall–Kier alpha value is -2.24. The van der Waals surface area contributed by atoms with Gasteiger partial charge in [-0.25, -0.2) is 9.67 Å². The van der Waals surface area contributed by atoms with Crippen molar-refractivity contribution in [3.05, 3.63) is 46.3 Å². The molecule has 1 aliphatic carbocycles. The molecular weight excluding hydrogens is 290 g/mol. The Labute approximate surface area is 135 Å². The summed E-state index contributed by atoms with van der Waals surface area (Å²) in [5.41, 5.74) is 1.96. The van der Waals surface area contributed by atoms with E-state index in [0.717, 1.165) is 36.6 Å². The molecule has 0 spiro atoms. The number of hydrogen-bond acceptors (Lipinski definition) is 5. The zero-order chi connectivity index (χ0) is 15.8. The molecule has 0 radical (unpaired) electrons. The van der Waals surface area contributed by atoms with E-state index in [1.807, 2.05) is 19.2 Å². The molecule has 1 unspecified atom stereocenters. The highest BCUT2D eigenvalue weighted by Crippen LogP contribution is 2.38. The van der Waals surface area contributed by atoms with Crippen LogP contribution in [-0.2, 0) is 6.54 Å². The monoisotopic (exact) mass is 311 g/mol. The molecule has 2 aromatic heterocycles. The van der Waals surface area contributed by atoms with Crippen molar-refractivity contribution < 1.29 is 0 Å². The minimum atomic E-state index is -0.0174. The van der Waals surface area contributed by atoms with Gasteiger partial charge in [-0.1, -0.05) is 0 Å². The van der Waals surface area contributed by atoms with Gasteiger partial charge in [0.25, 0.3) is 5.56 Å². The quantitative estimate of drug-likeness (QED) is 0.863. The topological polar surface area (TPSA) is 63.9 Å². The normalized spacial score (nSPS) is 20.9. The zero-order valence-electron chi connectivity index (χ0n) is 13.4. The lowest BCUT2D eigenvalue weighted by Gasteiger charge is -2.25. The van der Waals surface area contributed by atoms with Crippen LogP contribution in [0, 0.1) is 6.92 Å². The maximum atomic E-state index is 12.1. The molecule has 23 heavy (non-hydrogen) atoms. The summed E-state index contributed by atoms with van der Waals surface area (Å²) in [4.78, 5) is 23.2. The first-order valence-electron chi connectivity index (χ1n) is 8.34. The van der Waals surface area contributed by atoms with Crippen molar-refractivity contribution in [2.24, 2.45) is 0 Å². The van der Waals surface area contributed by atoms with Crippen LogP contribution in [0.25, 0.3) is 0 Å². The summed E-state index contributed by atoms with van der Waals surface area (Å²) < 4.78 is 1.64. The molecule has 120 valence electrons. The maximum Gasteiger partial charge on any atom is 0.266 e. The molecule has 4 rings (SSSR count). The van der Waals surface area contributed by atoms with Gasteiger partial charge in [0, 0.05) is 18.5 Å². The average molecular weight is 311 g/mol. The van der Waals surface area contributed by atoms with Gasteiger partial charge in [0.2, 0.25) is 0 Å². The molecule has 6 heteroatoms. The number of aromatic nitrogens is 4. The Morgan fingerprint density at radius 1 is 1.17 bits per heavy atom. The van der Waals surface area contributed by atoms with Gasteiger partial charge in [-0.05, 0) is 38.7 Å². The zero-order valence-corrected chi connectivity index (χ0v) is 13.4. The first kappa shape index (κ1) is 14.4. The number of hydrogen-bond donors (Lipinski definition) is 0. The number of nitrogens with zero attached hydrogens (tertiary/aromatic N) is 5. The van der Waals surface area contributed by atoms with Gasteiger partial charge in [-0.15, -0.1) is 0 Å². The fourth-order valence-electron chi connectivity index (χ4n) is 3.25. The van der Waals surface area contributed by atoms with Gasteiger partial charge in [-0.3, -0.25) is 9.78 Å². The fraction of sp³-hybridized carbons (Fsp3) is 0.529. The van der Waals surface area contributed by atoms with E-state index in [4.69, 9.17) is 0 Å². The van der Waals surface area contributed by atoms with Crippen molar-refractivity contribution >= 4 is 5.82 Å². The smallest absolute Gasteiger partial charge is 0.266 e. The summed E-state index contributed by atoms with van der Waals surface area (Å²) in [5.74, 6) is 1.45. The second-order valence-electron chi connectivity index (χ2n) is 6.56. The molecule has 1 aliphatic heterocycles. The summed E-state index contributed by atoms with van der Waals surface area (Å²) in [6, 6.07) is 3.80. The van der Waals surface area contributed by atoms with E-state index in [-0.39, 0.29) is 11.6 Å². The molecular formula is C17H21N5O. The molecule has 0 N–H and O–H groups in total. The Morgan fingerprint density at radius 3 is 2.78 bits per heavy atom. The lowest BCUT2D eigenvalue weighted by molar-refractivity contribution is 0.480. The van der Waals surface area contributed by atoms with E-state index >= 15 is 0 Å². The molecule has 1 saturated carbocycles. The van der Waals surface area contributed by atoms with E-state index < -0.39 is 0 Å². The Kier molecular flexibility index (Phi) is 3.59. The molecule has 0 bridgehead atoms. The standard InChI is InChI=1S/C17H21N5O/c1-12-9-19-16(10-18-12)21-8-2-3-14(21)11-22-17(23)7-6-15(20-22)13-4-5-13/h6-7,9-10,13-14H,2-5,8,11H2,1H3. The van der Waals surface area contributed by atoms with Gasteiger partial charge >= 0.3 is 0 Å². The summed E-state index contributed by atoms with van der Waals surface area (Å²) in [6.45, 7) is 3.51. The summed E-state index contributed by atoms with van der Waals surface area (Å²) >= 11 is 0. The first-order valence-corrected chi connectivity index (χ1v) is 8.34. The van der Waals surface area contributed by atoms with Crippen LogP contribution in [0.1, 0.15) is 43.0 Å². The third-order valence-electron chi connectivity index (χ3n) is 4.71. The van der Waals surface area contributed by atoms with Crippen molar-refractivity contribution in [1.29, 1.82) is 0 Å². The highest BCUT2D eigenvalue weighted by atomic mass is 16.1. The minimum Gasteiger partial charge on any atom is -0.350 e. The molecule has 1 atom stereocenters. The van der Waals surface area contributed by atoms with Crippen molar-refractivity contribution in [3.8, 4) is 0 Å². The molecule has 2 fully saturated rings. The van der Waals surface area contributed by atoms with Crippen molar-refractivity contribution in [2.45, 2.75) is 51.1 Å². The number of aryl methyl sites for hydroxylation is 1. The number of rotatable bonds is 4.